The highest BCUT2D eigenvalue weighted by Crippen LogP contribution is 2.28. The summed E-state index contributed by atoms with van der Waals surface area (Å²) in [6.07, 6.45) is 0. The molecule has 0 radical (unpaired) electrons. The molecule has 2 heterocycles. The molecule has 29 heavy (non-hydrogen) atoms. The van der Waals surface area contributed by atoms with Gasteiger partial charge in [-0.3, -0.25) is 0 Å². The Labute approximate surface area is 175 Å². The van der Waals surface area contributed by atoms with Gasteiger partial charge < -0.3 is 9.63 Å². The number of sulfonamides is 1. The number of aromatic nitrogens is 3. The molecule has 0 unspecified atom stereocenters. The van der Waals surface area contributed by atoms with Gasteiger partial charge in [-0.05, 0) is 23.7 Å². The summed E-state index contributed by atoms with van der Waals surface area (Å²) in [5.41, 5.74) is 2.70. The first-order valence-corrected chi connectivity index (χ1v) is 11.0. The summed E-state index contributed by atoms with van der Waals surface area (Å²) >= 11 is 6.97. The van der Waals surface area contributed by atoms with Gasteiger partial charge in [-0.1, -0.05) is 41.4 Å². The third kappa shape index (κ3) is 3.95. The van der Waals surface area contributed by atoms with E-state index in [2.05, 4.69) is 19.5 Å². The second-order valence-electron chi connectivity index (χ2n) is 6.06. The lowest BCUT2D eigenvalue weighted by molar-refractivity contribution is -0.706. The molecule has 148 valence electrons. The van der Waals surface area contributed by atoms with E-state index in [0.29, 0.717) is 16.4 Å². The van der Waals surface area contributed by atoms with Crippen LogP contribution in [0.3, 0.4) is 0 Å². The zero-order chi connectivity index (χ0) is 20.6. The number of nitrogens with zero attached hydrogens (tertiary/aromatic N) is 3. The van der Waals surface area contributed by atoms with Crippen molar-refractivity contribution in [1.82, 2.24) is 10.3 Å². The standard InChI is InChI=1S/C18H13ClN4O4S2/c1-11-2-8-14(9-3-11)23-16(17(24)27-22-23)29(25,26)21-18-20-15(10-28-18)12-4-6-13(19)7-5-12/h2-10H,1H3,(H-,20,21,22,24). The molecule has 4 rings (SSSR count). The zero-order valence-corrected chi connectivity index (χ0v) is 17.3. The molecule has 2 aromatic heterocycles. The van der Waals surface area contributed by atoms with Crippen LogP contribution in [0.4, 0.5) is 5.13 Å². The number of anilines is 1. The molecule has 0 saturated heterocycles. The van der Waals surface area contributed by atoms with E-state index in [4.69, 9.17) is 11.6 Å². The maximum Gasteiger partial charge on any atom is 0.373 e. The van der Waals surface area contributed by atoms with E-state index in [-0.39, 0.29) is 5.13 Å². The van der Waals surface area contributed by atoms with Crippen LogP contribution < -0.4 is 14.5 Å². The summed E-state index contributed by atoms with van der Waals surface area (Å²) in [5.74, 6) is -1.08. The fraction of sp³-hybridized carbons (Fsp3) is 0.0556. The Morgan fingerprint density at radius 3 is 2.52 bits per heavy atom. The molecular formula is C18H13ClN4O4S2. The van der Waals surface area contributed by atoms with Gasteiger partial charge in [-0.25, -0.2) is 9.71 Å². The van der Waals surface area contributed by atoms with Crippen molar-refractivity contribution >= 4 is 38.1 Å². The molecular weight excluding hydrogens is 436 g/mol. The van der Waals surface area contributed by atoms with Crippen molar-refractivity contribution in [2.75, 3.05) is 4.72 Å². The van der Waals surface area contributed by atoms with Gasteiger partial charge in [-0.2, -0.15) is 8.42 Å². The number of hydrogen-bond donors (Lipinski definition) is 1. The molecule has 2 aromatic carbocycles. The van der Waals surface area contributed by atoms with Crippen molar-refractivity contribution in [2.24, 2.45) is 0 Å². The lowest BCUT2D eigenvalue weighted by atomic mass is 10.2. The number of benzene rings is 2. The van der Waals surface area contributed by atoms with Gasteiger partial charge in [0, 0.05) is 28.1 Å². The highest BCUT2D eigenvalue weighted by atomic mass is 35.5. The number of rotatable bonds is 5. The Hall–Kier alpha value is -2.95. The monoisotopic (exact) mass is 448 g/mol. The fourth-order valence-electron chi connectivity index (χ4n) is 2.55. The summed E-state index contributed by atoms with van der Waals surface area (Å²) < 4.78 is 33.6. The number of halogens is 1. The molecule has 8 nitrogen and oxygen atoms in total. The van der Waals surface area contributed by atoms with E-state index in [9.17, 15) is 13.5 Å². The van der Waals surface area contributed by atoms with Crippen molar-refractivity contribution in [2.45, 2.75) is 11.9 Å². The topological polar surface area (TPSA) is 112 Å². The van der Waals surface area contributed by atoms with E-state index < -0.39 is 21.0 Å². The Balaban J connectivity index is 1.66. The van der Waals surface area contributed by atoms with Gasteiger partial charge in [-0.15, -0.1) is 11.3 Å². The van der Waals surface area contributed by atoms with Crippen LogP contribution >= 0.6 is 22.9 Å². The van der Waals surface area contributed by atoms with Crippen LogP contribution in [0.2, 0.25) is 5.02 Å². The normalized spacial score (nSPS) is 11.5. The zero-order valence-electron chi connectivity index (χ0n) is 14.9. The SMILES string of the molecule is Cc1ccc(-[n+]2noc([O-])c2S(=O)(=O)Nc2nc(-c3ccc(Cl)cc3)cs2)cc1. The molecule has 0 aliphatic rings. The molecule has 0 atom stereocenters. The van der Waals surface area contributed by atoms with Crippen molar-refractivity contribution < 1.29 is 22.7 Å². The van der Waals surface area contributed by atoms with Gasteiger partial charge >= 0.3 is 15.0 Å². The molecule has 0 aliphatic heterocycles. The maximum absolute atomic E-state index is 12.9. The van der Waals surface area contributed by atoms with Crippen molar-refractivity contribution in [3.05, 3.63) is 64.5 Å². The van der Waals surface area contributed by atoms with E-state index in [0.717, 1.165) is 27.1 Å². The molecule has 1 N–H and O–H groups in total. The molecule has 0 amide bonds. The third-order valence-electron chi connectivity index (χ3n) is 3.97. The summed E-state index contributed by atoms with van der Waals surface area (Å²) in [7, 11) is -4.29. The highest BCUT2D eigenvalue weighted by Gasteiger charge is 2.34. The second kappa shape index (κ2) is 7.47. The Morgan fingerprint density at radius 1 is 1.14 bits per heavy atom. The van der Waals surface area contributed by atoms with Gasteiger partial charge in [0.1, 0.15) is 0 Å². The van der Waals surface area contributed by atoms with Crippen molar-refractivity contribution in [3.8, 4) is 22.9 Å². The summed E-state index contributed by atoms with van der Waals surface area (Å²) in [6.45, 7) is 1.89. The second-order valence-corrected chi connectivity index (χ2v) is 8.96. The predicted molar refractivity (Wildman–Crippen MR) is 106 cm³/mol. The molecule has 4 aromatic rings. The van der Waals surface area contributed by atoms with Crippen LogP contribution in [-0.2, 0) is 10.0 Å². The van der Waals surface area contributed by atoms with Gasteiger partial charge in [0.25, 0.3) is 0 Å². The molecule has 0 saturated carbocycles. The Morgan fingerprint density at radius 2 is 1.83 bits per heavy atom. The average Bonchev–Trinajstić information content (AvgIpc) is 3.29. The van der Waals surface area contributed by atoms with Gasteiger partial charge in [0.2, 0.25) is 5.69 Å². The lowest BCUT2D eigenvalue weighted by Crippen LogP contribution is -2.40. The van der Waals surface area contributed by atoms with Crippen LogP contribution in [0.5, 0.6) is 5.95 Å². The smallest absolute Gasteiger partial charge is 0.373 e. The molecule has 0 bridgehead atoms. The minimum absolute atomic E-state index is 0.103. The Kier molecular flexibility index (Phi) is 4.99. The molecule has 0 fully saturated rings. The van der Waals surface area contributed by atoms with Crippen LogP contribution in [0, 0.1) is 6.92 Å². The number of thiazole rings is 1. The first-order valence-electron chi connectivity index (χ1n) is 8.24. The lowest BCUT2D eigenvalue weighted by Gasteiger charge is -2.02. The highest BCUT2D eigenvalue weighted by molar-refractivity contribution is 7.92. The van der Waals surface area contributed by atoms with Crippen molar-refractivity contribution in [3.63, 3.8) is 0 Å². The van der Waals surface area contributed by atoms with Gasteiger partial charge in [0.15, 0.2) is 11.1 Å². The first kappa shape index (κ1) is 19.4. The largest absolute Gasteiger partial charge is 0.538 e. The van der Waals surface area contributed by atoms with E-state index in [1.54, 1.807) is 53.9 Å². The number of aryl methyl sites for hydroxylation is 1. The van der Waals surface area contributed by atoms with E-state index >= 15 is 0 Å². The molecule has 0 spiro atoms. The van der Waals surface area contributed by atoms with Crippen LogP contribution in [0.15, 0.2) is 63.5 Å². The predicted octanol–water partition coefficient (Wildman–Crippen LogP) is 2.91. The molecule has 11 heteroatoms. The van der Waals surface area contributed by atoms with Crippen LogP contribution in [0.1, 0.15) is 5.56 Å². The summed E-state index contributed by atoms with van der Waals surface area (Å²) in [4.78, 5) is 4.27. The minimum Gasteiger partial charge on any atom is -0.538 e. The maximum atomic E-state index is 12.9. The van der Waals surface area contributed by atoms with Gasteiger partial charge in [0.05, 0.1) is 11.0 Å². The number of nitrogens with one attached hydrogen (secondary N) is 1. The summed E-state index contributed by atoms with van der Waals surface area (Å²) in [6, 6.07) is 13.8. The average molecular weight is 449 g/mol. The Bertz CT molecular complexity index is 1270. The van der Waals surface area contributed by atoms with Crippen LogP contribution in [0.25, 0.3) is 16.9 Å². The minimum atomic E-state index is -4.29. The van der Waals surface area contributed by atoms with Crippen LogP contribution in [-0.4, -0.2) is 18.7 Å². The quantitative estimate of drug-likeness (QED) is 0.470. The van der Waals surface area contributed by atoms with Crippen molar-refractivity contribution in [1.29, 1.82) is 0 Å². The first-order chi connectivity index (χ1) is 13.8. The van der Waals surface area contributed by atoms with E-state index in [1.165, 1.54) is 0 Å². The third-order valence-corrected chi connectivity index (χ3v) is 6.42. The summed E-state index contributed by atoms with van der Waals surface area (Å²) in [5, 5.41) is 17.4. The van der Waals surface area contributed by atoms with E-state index in [1.807, 2.05) is 6.92 Å². The molecule has 0 aliphatic carbocycles. The number of hydrogen-bond acceptors (Lipinski definition) is 7. The fourth-order valence-corrected chi connectivity index (χ4v) is 4.76.